The summed E-state index contributed by atoms with van der Waals surface area (Å²) in [5, 5.41) is 7.75. The number of guanidine groups is 1. The van der Waals surface area contributed by atoms with Crippen LogP contribution in [0.25, 0.3) is 0 Å². The zero-order valence-electron chi connectivity index (χ0n) is 15.0. The van der Waals surface area contributed by atoms with Crippen LogP contribution in [-0.4, -0.2) is 48.7 Å². The molecule has 2 N–H and O–H groups in total. The standard InChI is InChI=1S/C16H29Cl2N5.HI/c1-5-23(6-2)10-8-7-9-20-16(19-3)21-12-13-11-14(17)15(18)22(13)4;/h11H,5-10,12H2,1-4H3,(H2,19,20,21);1H. The van der Waals surface area contributed by atoms with Gasteiger partial charge in [-0.3, -0.25) is 4.99 Å². The summed E-state index contributed by atoms with van der Waals surface area (Å²) < 4.78 is 1.87. The van der Waals surface area contributed by atoms with Crippen LogP contribution in [0.1, 0.15) is 32.4 Å². The molecule has 0 aliphatic heterocycles. The van der Waals surface area contributed by atoms with Gasteiger partial charge in [0.15, 0.2) is 5.96 Å². The van der Waals surface area contributed by atoms with Crippen LogP contribution in [0.4, 0.5) is 0 Å². The SMILES string of the molecule is CCN(CC)CCCCNC(=NC)NCc1cc(Cl)c(Cl)n1C.I. The lowest BCUT2D eigenvalue weighted by Gasteiger charge is -2.18. The first-order chi connectivity index (χ1) is 11.0. The summed E-state index contributed by atoms with van der Waals surface area (Å²) in [4.78, 5) is 6.68. The Morgan fingerprint density at radius 3 is 2.38 bits per heavy atom. The van der Waals surface area contributed by atoms with Gasteiger partial charge >= 0.3 is 0 Å². The summed E-state index contributed by atoms with van der Waals surface area (Å²) in [5.74, 6) is 0.793. The molecule has 140 valence electrons. The molecule has 0 bridgehead atoms. The predicted molar refractivity (Wildman–Crippen MR) is 116 cm³/mol. The molecule has 0 aromatic carbocycles. The minimum atomic E-state index is 0. The van der Waals surface area contributed by atoms with Crippen LogP contribution in [0.15, 0.2) is 11.1 Å². The van der Waals surface area contributed by atoms with Gasteiger partial charge < -0.3 is 20.1 Å². The van der Waals surface area contributed by atoms with Crippen LogP contribution < -0.4 is 10.6 Å². The van der Waals surface area contributed by atoms with E-state index in [1.165, 1.54) is 6.42 Å². The molecule has 0 aliphatic rings. The van der Waals surface area contributed by atoms with Gasteiger partial charge in [0.25, 0.3) is 0 Å². The molecule has 1 rings (SSSR count). The highest BCUT2D eigenvalue weighted by Gasteiger charge is 2.09. The van der Waals surface area contributed by atoms with Crippen molar-refractivity contribution in [1.29, 1.82) is 0 Å². The molecule has 24 heavy (non-hydrogen) atoms. The summed E-state index contributed by atoms with van der Waals surface area (Å²) in [6, 6.07) is 1.87. The lowest BCUT2D eigenvalue weighted by atomic mass is 10.3. The molecule has 0 saturated carbocycles. The molecule has 0 fully saturated rings. The monoisotopic (exact) mass is 489 g/mol. The number of nitrogens with one attached hydrogen (secondary N) is 2. The molecule has 0 spiro atoms. The first-order valence-corrected chi connectivity index (χ1v) is 8.95. The van der Waals surface area contributed by atoms with Crippen LogP contribution in [0.2, 0.25) is 10.2 Å². The molecule has 8 heteroatoms. The molecule has 1 aromatic rings. The van der Waals surface area contributed by atoms with E-state index in [2.05, 4.69) is 34.4 Å². The van der Waals surface area contributed by atoms with Gasteiger partial charge in [-0.15, -0.1) is 24.0 Å². The van der Waals surface area contributed by atoms with E-state index in [1.807, 2.05) is 17.7 Å². The second-order valence-corrected chi connectivity index (χ2v) is 6.19. The van der Waals surface area contributed by atoms with Crippen molar-refractivity contribution in [2.45, 2.75) is 33.2 Å². The number of rotatable bonds is 9. The van der Waals surface area contributed by atoms with E-state index in [0.29, 0.717) is 16.7 Å². The second-order valence-electron chi connectivity index (χ2n) is 5.42. The number of hydrogen-bond donors (Lipinski definition) is 2. The summed E-state index contributed by atoms with van der Waals surface area (Å²) in [6.45, 7) is 9.34. The molecule has 0 amide bonds. The number of aromatic nitrogens is 1. The molecule has 0 unspecified atom stereocenters. The predicted octanol–water partition coefficient (Wildman–Crippen LogP) is 3.74. The quantitative estimate of drug-likeness (QED) is 0.240. The molecule has 0 atom stereocenters. The van der Waals surface area contributed by atoms with Crippen LogP contribution in [-0.2, 0) is 13.6 Å². The second kappa shape index (κ2) is 13.1. The Morgan fingerprint density at radius 2 is 1.88 bits per heavy atom. The van der Waals surface area contributed by atoms with Crippen molar-refractivity contribution in [3.8, 4) is 0 Å². The number of aliphatic imine (C=N–C) groups is 1. The topological polar surface area (TPSA) is 44.6 Å². The maximum atomic E-state index is 6.07. The van der Waals surface area contributed by atoms with Crippen LogP contribution in [0.3, 0.4) is 0 Å². The largest absolute Gasteiger partial charge is 0.356 e. The van der Waals surface area contributed by atoms with Gasteiger partial charge in [-0.1, -0.05) is 37.0 Å². The molecule has 0 radical (unpaired) electrons. The highest BCUT2D eigenvalue weighted by Crippen LogP contribution is 2.24. The van der Waals surface area contributed by atoms with E-state index in [1.54, 1.807) is 7.05 Å². The van der Waals surface area contributed by atoms with Crippen molar-refractivity contribution >= 4 is 53.1 Å². The first-order valence-electron chi connectivity index (χ1n) is 8.19. The molecular weight excluding hydrogens is 460 g/mol. The van der Waals surface area contributed by atoms with Crippen molar-refractivity contribution in [3.63, 3.8) is 0 Å². The fourth-order valence-electron chi connectivity index (χ4n) is 2.36. The normalized spacial score (nSPS) is 11.5. The van der Waals surface area contributed by atoms with Gasteiger partial charge in [-0.2, -0.15) is 0 Å². The Morgan fingerprint density at radius 1 is 1.21 bits per heavy atom. The molecule has 1 aromatic heterocycles. The number of unbranched alkanes of at least 4 members (excludes halogenated alkanes) is 1. The highest BCUT2D eigenvalue weighted by molar-refractivity contribution is 14.0. The Hall–Kier alpha value is -0.180. The highest BCUT2D eigenvalue weighted by atomic mass is 127. The smallest absolute Gasteiger partial charge is 0.191 e. The summed E-state index contributed by atoms with van der Waals surface area (Å²) in [6.07, 6.45) is 2.31. The Kier molecular flexibility index (Phi) is 13.0. The lowest BCUT2D eigenvalue weighted by molar-refractivity contribution is 0.297. The minimum Gasteiger partial charge on any atom is -0.356 e. The fourth-order valence-corrected chi connectivity index (χ4v) is 2.78. The van der Waals surface area contributed by atoms with E-state index >= 15 is 0 Å². The van der Waals surface area contributed by atoms with Crippen LogP contribution >= 0.6 is 47.2 Å². The third kappa shape index (κ3) is 7.80. The number of halogens is 3. The van der Waals surface area contributed by atoms with Gasteiger partial charge in [-0.25, -0.2) is 0 Å². The molecule has 0 saturated heterocycles. The molecule has 0 aliphatic carbocycles. The molecular formula is C16H30Cl2IN5. The van der Waals surface area contributed by atoms with Gasteiger partial charge in [0.2, 0.25) is 0 Å². The number of nitrogens with zero attached hydrogens (tertiary/aromatic N) is 3. The first kappa shape index (κ1) is 23.8. The van der Waals surface area contributed by atoms with E-state index < -0.39 is 0 Å². The van der Waals surface area contributed by atoms with E-state index in [-0.39, 0.29) is 24.0 Å². The van der Waals surface area contributed by atoms with Crippen molar-refractivity contribution < 1.29 is 0 Å². The minimum absolute atomic E-state index is 0. The maximum Gasteiger partial charge on any atom is 0.191 e. The summed E-state index contributed by atoms with van der Waals surface area (Å²) in [7, 11) is 3.67. The average Bonchev–Trinajstić information content (AvgIpc) is 2.80. The summed E-state index contributed by atoms with van der Waals surface area (Å²) in [5.41, 5.74) is 1.02. The summed E-state index contributed by atoms with van der Waals surface area (Å²) >= 11 is 12.1. The van der Waals surface area contributed by atoms with Gasteiger partial charge in [0, 0.05) is 26.3 Å². The van der Waals surface area contributed by atoms with E-state index in [4.69, 9.17) is 23.2 Å². The average molecular weight is 490 g/mol. The van der Waals surface area contributed by atoms with Crippen LogP contribution in [0.5, 0.6) is 0 Å². The van der Waals surface area contributed by atoms with E-state index in [0.717, 1.165) is 44.3 Å². The van der Waals surface area contributed by atoms with Crippen molar-refractivity contribution in [2.75, 3.05) is 33.2 Å². The maximum absolute atomic E-state index is 6.07. The van der Waals surface area contributed by atoms with E-state index in [9.17, 15) is 0 Å². The van der Waals surface area contributed by atoms with Gasteiger partial charge in [0.05, 0.1) is 11.6 Å². The lowest BCUT2D eigenvalue weighted by Crippen LogP contribution is -2.37. The molecule has 1 heterocycles. The van der Waals surface area contributed by atoms with Crippen molar-refractivity contribution in [3.05, 3.63) is 21.9 Å². The third-order valence-corrected chi connectivity index (χ3v) is 4.81. The Balaban J connectivity index is 0.00000529. The fraction of sp³-hybridized carbons (Fsp3) is 0.688. The Labute approximate surface area is 173 Å². The third-order valence-electron chi connectivity index (χ3n) is 3.96. The molecule has 5 nitrogen and oxygen atoms in total. The number of hydrogen-bond acceptors (Lipinski definition) is 2. The zero-order valence-corrected chi connectivity index (χ0v) is 18.9. The zero-order chi connectivity index (χ0) is 17.2. The van der Waals surface area contributed by atoms with Gasteiger partial charge in [-0.05, 0) is 38.5 Å². The Bertz CT molecular complexity index is 501. The van der Waals surface area contributed by atoms with Crippen LogP contribution in [0, 0.1) is 0 Å². The van der Waals surface area contributed by atoms with Crippen molar-refractivity contribution in [2.24, 2.45) is 12.0 Å². The van der Waals surface area contributed by atoms with Gasteiger partial charge in [0.1, 0.15) is 5.15 Å². The van der Waals surface area contributed by atoms with Crippen molar-refractivity contribution in [1.82, 2.24) is 20.1 Å².